The number of nitrogens with zero attached hydrogens (tertiary/aromatic N) is 1. The molecule has 0 fully saturated rings. The van der Waals surface area contributed by atoms with Gasteiger partial charge in [0.25, 0.3) is 0 Å². The highest BCUT2D eigenvalue weighted by molar-refractivity contribution is 5.83. The Bertz CT molecular complexity index is 732. The molecule has 2 heteroatoms. The van der Waals surface area contributed by atoms with Crippen LogP contribution in [0.1, 0.15) is 12.5 Å². The van der Waals surface area contributed by atoms with E-state index in [4.69, 9.17) is 0 Å². The average Bonchev–Trinajstić information content (AvgIpc) is 2.55. The van der Waals surface area contributed by atoms with E-state index >= 15 is 0 Å². The van der Waals surface area contributed by atoms with E-state index in [1.807, 2.05) is 25.4 Å². The Labute approximate surface area is 125 Å². The van der Waals surface area contributed by atoms with Crippen molar-refractivity contribution in [2.75, 3.05) is 7.05 Å². The highest BCUT2D eigenvalue weighted by atomic mass is 14.8. The van der Waals surface area contributed by atoms with Gasteiger partial charge < -0.3 is 5.32 Å². The summed E-state index contributed by atoms with van der Waals surface area (Å²) in [5.41, 5.74) is 4.78. The first-order chi connectivity index (χ1) is 10.3. The van der Waals surface area contributed by atoms with E-state index in [1.54, 1.807) is 0 Å². The summed E-state index contributed by atoms with van der Waals surface area (Å²) < 4.78 is 0. The summed E-state index contributed by atoms with van der Waals surface area (Å²) in [4.78, 5) is 4.53. The van der Waals surface area contributed by atoms with Crippen LogP contribution in [0, 0.1) is 0 Å². The number of pyridine rings is 1. The molecule has 2 aromatic carbocycles. The van der Waals surface area contributed by atoms with Crippen LogP contribution in [0.25, 0.3) is 22.0 Å². The number of hydrogen-bond acceptors (Lipinski definition) is 2. The first kappa shape index (κ1) is 13.8. The van der Waals surface area contributed by atoms with Crippen molar-refractivity contribution < 1.29 is 0 Å². The summed E-state index contributed by atoms with van der Waals surface area (Å²) in [5.74, 6) is 0. The van der Waals surface area contributed by atoms with Gasteiger partial charge in [0.2, 0.25) is 0 Å². The van der Waals surface area contributed by atoms with Gasteiger partial charge in [0.15, 0.2) is 0 Å². The minimum Gasteiger partial charge on any atom is -0.317 e. The number of benzene rings is 2. The SMILES string of the molecule is CNC(C)Cc1ccc(-c2cnc3ccccc3c2)cc1. The summed E-state index contributed by atoms with van der Waals surface area (Å²) in [6.07, 6.45) is 3.00. The summed E-state index contributed by atoms with van der Waals surface area (Å²) in [7, 11) is 2.00. The van der Waals surface area contributed by atoms with Crippen molar-refractivity contribution >= 4 is 10.9 Å². The van der Waals surface area contributed by atoms with Crippen molar-refractivity contribution in [2.45, 2.75) is 19.4 Å². The van der Waals surface area contributed by atoms with Crippen LogP contribution in [0.4, 0.5) is 0 Å². The molecule has 106 valence electrons. The summed E-state index contributed by atoms with van der Waals surface area (Å²) >= 11 is 0. The van der Waals surface area contributed by atoms with Crippen LogP contribution in [0.2, 0.25) is 0 Å². The van der Waals surface area contributed by atoms with Crippen molar-refractivity contribution in [3.8, 4) is 11.1 Å². The molecule has 0 saturated heterocycles. The van der Waals surface area contributed by atoms with Gasteiger partial charge in [0.05, 0.1) is 5.52 Å². The molecule has 1 N–H and O–H groups in total. The molecule has 0 radical (unpaired) electrons. The summed E-state index contributed by atoms with van der Waals surface area (Å²) in [6.45, 7) is 2.20. The molecule has 0 spiro atoms. The predicted octanol–water partition coefficient (Wildman–Crippen LogP) is 4.05. The zero-order valence-electron chi connectivity index (χ0n) is 12.5. The number of nitrogens with one attached hydrogen (secondary N) is 1. The van der Waals surface area contributed by atoms with E-state index in [1.165, 1.54) is 22.1 Å². The number of fused-ring (bicyclic) bond motifs is 1. The summed E-state index contributed by atoms with van der Waals surface area (Å²) in [6, 6.07) is 19.7. The van der Waals surface area contributed by atoms with Crippen LogP contribution in [-0.2, 0) is 6.42 Å². The highest BCUT2D eigenvalue weighted by Crippen LogP contribution is 2.23. The monoisotopic (exact) mass is 276 g/mol. The van der Waals surface area contributed by atoms with Crippen molar-refractivity contribution in [3.63, 3.8) is 0 Å². The molecular weight excluding hydrogens is 256 g/mol. The second-order valence-electron chi connectivity index (χ2n) is 5.51. The van der Waals surface area contributed by atoms with Crippen LogP contribution in [-0.4, -0.2) is 18.1 Å². The zero-order valence-corrected chi connectivity index (χ0v) is 12.5. The lowest BCUT2D eigenvalue weighted by Gasteiger charge is -2.10. The third-order valence-corrected chi connectivity index (χ3v) is 3.91. The maximum absolute atomic E-state index is 4.53. The lowest BCUT2D eigenvalue weighted by molar-refractivity contribution is 0.608. The Morgan fingerprint density at radius 1 is 1.00 bits per heavy atom. The van der Waals surface area contributed by atoms with Gasteiger partial charge in [0, 0.05) is 23.2 Å². The minimum absolute atomic E-state index is 0.498. The van der Waals surface area contributed by atoms with E-state index in [0.29, 0.717) is 6.04 Å². The quantitative estimate of drug-likeness (QED) is 0.777. The lowest BCUT2D eigenvalue weighted by Crippen LogP contribution is -2.23. The molecule has 1 unspecified atom stereocenters. The van der Waals surface area contributed by atoms with Crippen LogP contribution in [0.3, 0.4) is 0 Å². The third kappa shape index (κ3) is 3.11. The fourth-order valence-electron chi connectivity index (χ4n) is 2.52. The first-order valence-electron chi connectivity index (χ1n) is 7.37. The van der Waals surface area contributed by atoms with Gasteiger partial charge in [-0.3, -0.25) is 4.98 Å². The molecule has 0 amide bonds. The Morgan fingerprint density at radius 3 is 2.52 bits per heavy atom. The van der Waals surface area contributed by atoms with Gasteiger partial charge >= 0.3 is 0 Å². The third-order valence-electron chi connectivity index (χ3n) is 3.91. The predicted molar refractivity (Wildman–Crippen MR) is 89.4 cm³/mol. The van der Waals surface area contributed by atoms with E-state index in [0.717, 1.165) is 11.9 Å². The Balaban J connectivity index is 1.88. The molecule has 1 heterocycles. The van der Waals surface area contributed by atoms with E-state index in [9.17, 15) is 0 Å². The fourth-order valence-corrected chi connectivity index (χ4v) is 2.52. The van der Waals surface area contributed by atoms with E-state index < -0.39 is 0 Å². The van der Waals surface area contributed by atoms with Gasteiger partial charge in [-0.25, -0.2) is 0 Å². The molecule has 0 aliphatic carbocycles. The summed E-state index contributed by atoms with van der Waals surface area (Å²) in [5, 5.41) is 4.45. The normalized spacial score (nSPS) is 12.5. The van der Waals surface area contributed by atoms with Crippen LogP contribution >= 0.6 is 0 Å². The number of aromatic nitrogens is 1. The van der Waals surface area contributed by atoms with Crippen molar-refractivity contribution in [2.24, 2.45) is 0 Å². The zero-order chi connectivity index (χ0) is 14.7. The number of likely N-dealkylation sites (N-methyl/N-ethyl adjacent to an activating group) is 1. The number of rotatable bonds is 4. The van der Waals surface area contributed by atoms with Gasteiger partial charge in [-0.05, 0) is 43.7 Å². The molecule has 0 saturated carbocycles. The number of hydrogen-bond donors (Lipinski definition) is 1. The average molecular weight is 276 g/mol. The van der Waals surface area contributed by atoms with Gasteiger partial charge in [-0.2, -0.15) is 0 Å². The molecule has 1 aromatic heterocycles. The standard InChI is InChI=1S/C19H20N2/c1-14(20-2)11-15-7-9-16(10-8-15)18-12-17-5-3-4-6-19(17)21-13-18/h3-10,12-14,20H,11H2,1-2H3. The van der Waals surface area contributed by atoms with Gasteiger partial charge in [-0.1, -0.05) is 42.5 Å². The molecule has 1 atom stereocenters. The van der Waals surface area contributed by atoms with E-state index in [-0.39, 0.29) is 0 Å². The van der Waals surface area contributed by atoms with Crippen LogP contribution in [0.5, 0.6) is 0 Å². The maximum atomic E-state index is 4.53. The largest absolute Gasteiger partial charge is 0.317 e. The molecular formula is C19H20N2. The fraction of sp³-hybridized carbons (Fsp3) is 0.211. The molecule has 3 rings (SSSR count). The van der Waals surface area contributed by atoms with Crippen molar-refractivity contribution in [1.82, 2.24) is 10.3 Å². The number of para-hydroxylation sites is 1. The van der Waals surface area contributed by atoms with Crippen LogP contribution in [0.15, 0.2) is 60.8 Å². The second kappa shape index (κ2) is 6.06. The molecule has 0 bridgehead atoms. The van der Waals surface area contributed by atoms with Crippen molar-refractivity contribution in [3.05, 3.63) is 66.4 Å². The Hall–Kier alpha value is -2.19. The lowest BCUT2D eigenvalue weighted by atomic mass is 10.0. The smallest absolute Gasteiger partial charge is 0.0702 e. The van der Waals surface area contributed by atoms with Crippen molar-refractivity contribution in [1.29, 1.82) is 0 Å². The second-order valence-corrected chi connectivity index (χ2v) is 5.51. The molecule has 21 heavy (non-hydrogen) atoms. The molecule has 2 nitrogen and oxygen atoms in total. The topological polar surface area (TPSA) is 24.9 Å². The Morgan fingerprint density at radius 2 is 1.76 bits per heavy atom. The van der Waals surface area contributed by atoms with Gasteiger partial charge in [-0.15, -0.1) is 0 Å². The Kier molecular flexibility index (Phi) is 3.98. The molecule has 0 aliphatic rings. The first-order valence-corrected chi connectivity index (χ1v) is 7.37. The highest BCUT2D eigenvalue weighted by Gasteiger charge is 2.03. The maximum Gasteiger partial charge on any atom is 0.0702 e. The minimum atomic E-state index is 0.498. The molecule has 3 aromatic rings. The molecule has 0 aliphatic heterocycles. The van der Waals surface area contributed by atoms with Gasteiger partial charge in [0.1, 0.15) is 0 Å². The van der Waals surface area contributed by atoms with Crippen LogP contribution < -0.4 is 5.32 Å². The van der Waals surface area contributed by atoms with E-state index in [2.05, 4.69) is 59.7 Å².